The predicted molar refractivity (Wildman–Crippen MR) is 73.6 cm³/mol. The van der Waals surface area contributed by atoms with E-state index in [-0.39, 0.29) is 22.2 Å². The highest BCUT2D eigenvalue weighted by Gasteiger charge is 2.31. The van der Waals surface area contributed by atoms with Gasteiger partial charge in [-0.1, -0.05) is 17.7 Å². The van der Waals surface area contributed by atoms with Crippen LogP contribution in [-0.4, -0.2) is 5.03 Å². The van der Waals surface area contributed by atoms with E-state index in [1.54, 1.807) is 0 Å². The van der Waals surface area contributed by atoms with Gasteiger partial charge in [-0.2, -0.15) is 13.2 Å². The summed E-state index contributed by atoms with van der Waals surface area (Å²) < 4.78 is 42.9. The molecule has 9 heteroatoms. The van der Waals surface area contributed by atoms with E-state index >= 15 is 0 Å². The molecule has 0 spiro atoms. The lowest BCUT2D eigenvalue weighted by Gasteiger charge is -2.11. The van der Waals surface area contributed by atoms with Crippen molar-refractivity contribution >= 4 is 17.3 Å². The fourth-order valence-electron chi connectivity index (χ4n) is 1.62. The van der Waals surface area contributed by atoms with Gasteiger partial charge in [-0.15, -0.1) is 5.43 Å². The molecule has 0 atom stereocenters. The lowest BCUT2D eigenvalue weighted by Crippen LogP contribution is -2.07. The first-order chi connectivity index (χ1) is 10.3. The van der Waals surface area contributed by atoms with Crippen LogP contribution >= 0.6 is 11.6 Å². The number of nitro groups is 1. The second-order valence-corrected chi connectivity index (χ2v) is 4.55. The van der Waals surface area contributed by atoms with Crippen molar-refractivity contribution in [1.82, 2.24) is 0 Å². The molecule has 0 saturated carbocycles. The second kappa shape index (κ2) is 6.10. The molecule has 0 bridgehead atoms. The van der Waals surface area contributed by atoms with Crippen LogP contribution in [0.5, 0.6) is 11.5 Å². The number of hydrogen-bond donors (Lipinski definition) is 1. The fourth-order valence-corrected chi connectivity index (χ4v) is 1.84. The number of nitrogens with zero attached hydrogens (tertiary/aromatic N) is 1. The summed E-state index contributed by atoms with van der Waals surface area (Å²) in [6.45, 7) is 0. The number of benzene rings is 2. The van der Waals surface area contributed by atoms with E-state index < -0.39 is 16.8 Å². The summed E-state index contributed by atoms with van der Waals surface area (Å²) in [6.07, 6.45) is -4.50. The predicted octanol–water partition coefficient (Wildman–Crippen LogP) is 4.75. The van der Waals surface area contributed by atoms with Crippen LogP contribution in [-0.2, 0) is 6.18 Å². The molecule has 2 rings (SSSR count). The Balaban J connectivity index is 2.22. The van der Waals surface area contributed by atoms with Gasteiger partial charge in [-0.05, 0) is 30.3 Å². The number of hydrogen-bond acceptors (Lipinski definition) is 3. The number of anilines is 1. The molecule has 22 heavy (non-hydrogen) atoms. The van der Waals surface area contributed by atoms with Crippen LogP contribution in [0.25, 0.3) is 0 Å². The standard InChI is InChI=1S/C13H8ClF3N2O3/c14-11-6-8(13(15,16)17)4-5-12(11)22-10-3-1-2-9(7-10)18-19(20)21/h1-7,18H. The molecule has 0 fully saturated rings. The van der Waals surface area contributed by atoms with Crippen molar-refractivity contribution in [3.8, 4) is 11.5 Å². The highest BCUT2D eigenvalue weighted by atomic mass is 35.5. The van der Waals surface area contributed by atoms with E-state index in [2.05, 4.69) is 0 Å². The van der Waals surface area contributed by atoms with E-state index in [4.69, 9.17) is 16.3 Å². The number of alkyl halides is 3. The van der Waals surface area contributed by atoms with Gasteiger partial charge in [0.05, 0.1) is 10.6 Å². The molecule has 5 nitrogen and oxygen atoms in total. The Morgan fingerprint density at radius 1 is 1.18 bits per heavy atom. The zero-order valence-electron chi connectivity index (χ0n) is 10.7. The maximum Gasteiger partial charge on any atom is 0.416 e. The number of halogens is 4. The number of ether oxygens (including phenoxy) is 1. The lowest BCUT2D eigenvalue weighted by atomic mass is 10.2. The second-order valence-electron chi connectivity index (χ2n) is 4.14. The van der Waals surface area contributed by atoms with Gasteiger partial charge in [-0.25, -0.2) is 10.1 Å². The van der Waals surface area contributed by atoms with Crippen molar-refractivity contribution in [2.75, 3.05) is 5.43 Å². The largest absolute Gasteiger partial charge is 0.456 e. The van der Waals surface area contributed by atoms with Gasteiger partial charge in [0.25, 0.3) is 0 Å². The Bertz CT molecular complexity index is 707. The third-order valence-corrected chi connectivity index (χ3v) is 2.84. The van der Waals surface area contributed by atoms with Crippen LogP contribution in [0.2, 0.25) is 5.02 Å². The van der Waals surface area contributed by atoms with Crippen molar-refractivity contribution < 1.29 is 22.9 Å². The topological polar surface area (TPSA) is 64.4 Å². The van der Waals surface area contributed by atoms with Gasteiger partial charge in [0.2, 0.25) is 0 Å². The number of nitrogens with one attached hydrogen (secondary N) is 1. The molecule has 0 aliphatic heterocycles. The molecule has 0 unspecified atom stereocenters. The molecule has 116 valence electrons. The Hall–Kier alpha value is -2.48. The third-order valence-electron chi connectivity index (χ3n) is 2.54. The summed E-state index contributed by atoms with van der Waals surface area (Å²) in [5.41, 5.74) is 1.20. The van der Waals surface area contributed by atoms with Crippen molar-refractivity contribution in [3.63, 3.8) is 0 Å². The molecule has 0 radical (unpaired) electrons. The zero-order valence-corrected chi connectivity index (χ0v) is 11.5. The van der Waals surface area contributed by atoms with Crippen LogP contribution in [0.4, 0.5) is 18.9 Å². The first-order valence-corrected chi connectivity index (χ1v) is 6.19. The van der Waals surface area contributed by atoms with Crippen molar-refractivity contribution in [1.29, 1.82) is 0 Å². The SMILES string of the molecule is O=[N+]([O-])Nc1cccc(Oc2ccc(C(F)(F)F)cc2Cl)c1. The van der Waals surface area contributed by atoms with Crippen LogP contribution in [0.3, 0.4) is 0 Å². The van der Waals surface area contributed by atoms with Gasteiger partial charge >= 0.3 is 6.18 Å². The molecular weight excluding hydrogens is 325 g/mol. The summed E-state index contributed by atoms with van der Waals surface area (Å²) in [6, 6.07) is 8.38. The highest BCUT2D eigenvalue weighted by molar-refractivity contribution is 6.32. The minimum Gasteiger partial charge on any atom is -0.456 e. The van der Waals surface area contributed by atoms with Gasteiger partial charge in [0, 0.05) is 6.07 Å². The van der Waals surface area contributed by atoms with Crippen LogP contribution in [0.15, 0.2) is 42.5 Å². The summed E-state index contributed by atoms with van der Waals surface area (Å²) in [4.78, 5) is 10.3. The lowest BCUT2D eigenvalue weighted by molar-refractivity contribution is -0.445. The zero-order chi connectivity index (χ0) is 16.3. The maximum absolute atomic E-state index is 12.5. The first kappa shape index (κ1) is 15.9. The van der Waals surface area contributed by atoms with E-state index in [0.29, 0.717) is 0 Å². The molecule has 0 amide bonds. The molecule has 0 saturated heterocycles. The minimum atomic E-state index is -4.50. The molecule has 2 aromatic rings. The van der Waals surface area contributed by atoms with E-state index in [1.807, 2.05) is 5.43 Å². The third kappa shape index (κ3) is 4.01. The molecule has 0 heterocycles. The molecule has 0 aliphatic rings. The van der Waals surface area contributed by atoms with E-state index in [0.717, 1.165) is 18.2 Å². The van der Waals surface area contributed by atoms with Crippen molar-refractivity contribution in [2.24, 2.45) is 0 Å². The van der Waals surface area contributed by atoms with Crippen LogP contribution < -0.4 is 10.2 Å². The summed E-state index contributed by atoms with van der Waals surface area (Å²) in [5.74, 6) is 0.196. The minimum absolute atomic E-state index is 0.00733. The average Bonchev–Trinajstić information content (AvgIpc) is 2.39. The average molecular weight is 333 g/mol. The summed E-state index contributed by atoms with van der Waals surface area (Å²) >= 11 is 5.76. The van der Waals surface area contributed by atoms with E-state index in [9.17, 15) is 23.3 Å². The Morgan fingerprint density at radius 2 is 1.91 bits per heavy atom. The molecular formula is C13H8ClF3N2O3. The quantitative estimate of drug-likeness (QED) is 0.648. The molecule has 0 aromatic heterocycles. The van der Waals surface area contributed by atoms with Crippen molar-refractivity contribution in [3.05, 3.63) is 63.2 Å². The van der Waals surface area contributed by atoms with E-state index in [1.165, 1.54) is 24.3 Å². The Kier molecular flexibility index (Phi) is 4.41. The van der Waals surface area contributed by atoms with Crippen molar-refractivity contribution in [2.45, 2.75) is 6.18 Å². The molecule has 0 aliphatic carbocycles. The smallest absolute Gasteiger partial charge is 0.416 e. The summed E-state index contributed by atoms with van der Waals surface area (Å²) in [7, 11) is 0. The Labute approximate surface area is 127 Å². The number of rotatable bonds is 4. The van der Waals surface area contributed by atoms with Gasteiger partial charge in [0.15, 0.2) is 5.03 Å². The normalized spacial score (nSPS) is 11.1. The number of hydrazine groups is 1. The molecule has 1 N–H and O–H groups in total. The van der Waals surface area contributed by atoms with Crippen LogP contribution in [0.1, 0.15) is 5.56 Å². The van der Waals surface area contributed by atoms with Crippen LogP contribution in [0, 0.1) is 10.1 Å². The van der Waals surface area contributed by atoms with Gasteiger partial charge in [0.1, 0.15) is 17.2 Å². The van der Waals surface area contributed by atoms with Gasteiger partial charge in [-0.3, -0.25) is 0 Å². The van der Waals surface area contributed by atoms with Gasteiger partial charge < -0.3 is 4.74 Å². The molecule has 2 aromatic carbocycles. The maximum atomic E-state index is 12.5. The highest BCUT2D eigenvalue weighted by Crippen LogP contribution is 2.36. The summed E-state index contributed by atoms with van der Waals surface area (Å²) in [5, 5.41) is 9.38. The first-order valence-electron chi connectivity index (χ1n) is 5.81. The Morgan fingerprint density at radius 3 is 2.50 bits per heavy atom. The monoisotopic (exact) mass is 332 g/mol. The fraction of sp³-hybridized carbons (Fsp3) is 0.0769.